The number of benzene rings is 1. The zero-order chi connectivity index (χ0) is 16.8. The lowest BCUT2D eigenvalue weighted by Crippen LogP contribution is -2.32. The van der Waals surface area contributed by atoms with E-state index >= 15 is 0 Å². The van der Waals surface area contributed by atoms with Gasteiger partial charge in [-0.05, 0) is 25.0 Å². The van der Waals surface area contributed by atoms with Crippen LogP contribution >= 0.6 is 11.3 Å². The van der Waals surface area contributed by atoms with Gasteiger partial charge < -0.3 is 15.2 Å². The van der Waals surface area contributed by atoms with Crippen LogP contribution in [-0.4, -0.2) is 30.1 Å². The van der Waals surface area contributed by atoms with Gasteiger partial charge in [0.05, 0.1) is 7.11 Å². The average Bonchev–Trinajstić information content (AvgIpc) is 2.98. The summed E-state index contributed by atoms with van der Waals surface area (Å²) in [7, 11) is 1.53. The average molecular weight is 333 g/mol. The zero-order valence-corrected chi connectivity index (χ0v) is 13.9. The summed E-state index contributed by atoms with van der Waals surface area (Å²) in [5, 5.41) is 11.5. The number of nitrogens with one attached hydrogen (secondary N) is 1. The Hall–Kier alpha value is -2.34. The fraction of sp³-hybridized carbons (Fsp3) is 0.294. The quantitative estimate of drug-likeness (QED) is 0.814. The fourth-order valence-electron chi connectivity index (χ4n) is 2.13. The second-order valence-corrected chi connectivity index (χ2v) is 6.23. The Bertz CT molecular complexity index is 681. The van der Waals surface area contributed by atoms with Crippen LogP contribution in [-0.2, 0) is 4.79 Å². The number of methoxy groups -OCH3 is 1. The van der Waals surface area contributed by atoms with Crippen LogP contribution < -0.4 is 10.1 Å². The summed E-state index contributed by atoms with van der Waals surface area (Å²) in [4.78, 5) is 24.4. The molecule has 0 spiro atoms. The van der Waals surface area contributed by atoms with Gasteiger partial charge in [-0.25, -0.2) is 0 Å². The van der Waals surface area contributed by atoms with Crippen LogP contribution in [0.4, 0.5) is 0 Å². The SMILES string of the molecule is COc1cc(-c2ccccc2)sc1C(=O)NC(C)CCC(=O)O. The molecule has 0 saturated carbocycles. The Morgan fingerprint density at radius 3 is 2.61 bits per heavy atom. The molecule has 0 aliphatic carbocycles. The van der Waals surface area contributed by atoms with Gasteiger partial charge in [0, 0.05) is 17.3 Å². The molecule has 2 aromatic rings. The Labute approximate surface area is 138 Å². The van der Waals surface area contributed by atoms with E-state index < -0.39 is 5.97 Å². The maximum Gasteiger partial charge on any atom is 0.303 e. The first-order valence-electron chi connectivity index (χ1n) is 7.27. The van der Waals surface area contributed by atoms with Crippen LogP contribution in [0.1, 0.15) is 29.4 Å². The predicted octanol–water partition coefficient (Wildman–Crippen LogP) is 3.41. The first-order valence-corrected chi connectivity index (χ1v) is 8.08. The van der Waals surface area contributed by atoms with Crippen LogP contribution in [0.15, 0.2) is 36.4 Å². The van der Waals surface area contributed by atoms with Crippen LogP contribution in [0, 0.1) is 0 Å². The van der Waals surface area contributed by atoms with Crippen molar-refractivity contribution < 1.29 is 19.4 Å². The first kappa shape index (κ1) is 17.0. The Balaban J connectivity index is 2.13. The minimum absolute atomic E-state index is 0.0261. The maximum absolute atomic E-state index is 12.4. The lowest BCUT2D eigenvalue weighted by atomic mass is 10.2. The third-order valence-corrected chi connectivity index (χ3v) is 4.52. The Morgan fingerprint density at radius 2 is 2.00 bits per heavy atom. The molecule has 23 heavy (non-hydrogen) atoms. The molecule has 2 rings (SSSR count). The third kappa shape index (κ3) is 4.56. The number of ether oxygens (including phenoxy) is 1. The van der Waals surface area contributed by atoms with Crippen LogP contribution in [0.3, 0.4) is 0 Å². The predicted molar refractivity (Wildman–Crippen MR) is 90.1 cm³/mol. The number of rotatable bonds is 7. The molecule has 0 aliphatic rings. The monoisotopic (exact) mass is 333 g/mol. The van der Waals surface area contributed by atoms with Crippen molar-refractivity contribution in [2.24, 2.45) is 0 Å². The summed E-state index contributed by atoms with van der Waals surface area (Å²) in [6.07, 6.45) is 0.415. The summed E-state index contributed by atoms with van der Waals surface area (Å²) >= 11 is 1.36. The van der Waals surface area contributed by atoms with E-state index in [0.29, 0.717) is 17.0 Å². The van der Waals surface area contributed by atoms with Crippen molar-refractivity contribution in [2.45, 2.75) is 25.8 Å². The molecule has 1 aromatic carbocycles. The smallest absolute Gasteiger partial charge is 0.303 e. The van der Waals surface area contributed by atoms with Crippen LogP contribution in [0.5, 0.6) is 5.75 Å². The molecule has 6 heteroatoms. The number of thiophene rings is 1. The highest BCUT2D eigenvalue weighted by atomic mass is 32.1. The molecule has 0 bridgehead atoms. The van der Waals surface area contributed by atoms with E-state index in [1.54, 1.807) is 6.92 Å². The number of carbonyl (C=O) groups is 2. The van der Waals surface area contributed by atoms with Crippen molar-refractivity contribution in [3.8, 4) is 16.2 Å². The first-order chi connectivity index (χ1) is 11.0. The van der Waals surface area contributed by atoms with Crippen molar-refractivity contribution in [1.29, 1.82) is 0 Å². The van der Waals surface area contributed by atoms with E-state index in [4.69, 9.17) is 9.84 Å². The van der Waals surface area contributed by atoms with E-state index in [1.165, 1.54) is 18.4 Å². The van der Waals surface area contributed by atoms with Crippen LogP contribution in [0.25, 0.3) is 10.4 Å². The molecule has 1 amide bonds. The van der Waals surface area contributed by atoms with Crippen molar-refractivity contribution in [3.05, 3.63) is 41.3 Å². The fourth-order valence-corrected chi connectivity index (χ4v) is 3.16. The normalized spacial score (nSPS) is 11.7. The van der Waals surface area contributed by atoms with Crippen LogP contribution in [0.2, 0.25) is 0 Å². The maximum atomic E-state index is 12.4. The van der Waals surface area contributed by atoms with Gasteiger partial charge in [-0.3, -0.25) is 9.59 Å². The van der Waals surface area contributed by atoms with E-state index in [2.05, 4.69) is 5.32 Å². The van der Waals surface area contributed by atoms with Gasteiger partial charge in [0.15, 0.2) is 0 Å². The summed E-state index contributed by atoms with van der Waals surface area (Å²) in [5.74, 6) is -0.588. The summed E-state index contributed by atoms with van der Waals surface area (Å²) in [6.45, 7) is 1.79. The minimum Gasteiger partial charge on any atom is -0.495 e. The Morgan fingerprint density at radius 1 is 1.30 bits per heavy atom. The molecule has 1 unspecified atom stereocenters. The largest absolute Gasteiger partial charge is 0.495 e. The molecule has 1 heterocycles. The third-order valence-electron chi connectivity index (χ3n) is 3.35. The molecule has 2 N–H and O–H groups in total. The van der Waals surface area contributed by atoms with Gasteiger partial charge in [0.2, 0.25) is 0 Å². The molecule has 1 aromatic heterocycles. The van der Waals surface area contributed by atoms with Gasteiger partial charge in [0.25, 0.3) is 5.91 Å². The van der Waals surface area contributed by atoms with E-state index in [9.17, 15) is 9.59 Å². The summed E-state index contributed by atoms with van der Waals surface area (Å²) < 4.78 is 5.30. The number of carboxylic acids is 1. The minimum atomic E-state index is -0.869. The van der Waals surface area contributed by atoms with E-state index in [1.807, 2.05) is 36.4 Å². The molecular weight excluding hydrogens is 314 g/mol. The molecule has 122 valence electrons. The number of hydrogen-bond donors (Lipinski definition) is 2. The van der Waals surface area contributed by atoms with Gasteiger partial charge in [-0.2, -0.15) is 0 Å². The number of carboxylic acid groups (broad SMARTS) is 1. The summed E-state index contributed by atoms with van der Waals surface area (Å²) in [5.41, 5.74) is 1.02. The van der Waals surface area contributed by atoms with Gasteiger partial charge in [-0.1, -0.05) is 30.3 Å². The van der Waals surface area contributed by atoms with E-state index in [0.717, 1.165) is 10.4 Å². The van der Waals surface area contributed by atoms with Gasteiger partial charge in [0.1, 0.15) is 10.6 Å². The highest BCUT2D eigenvalue weighted by Gasteiger charge is 2.19. The number of aliphatic carboxylic acids is 1. The Kier molecular flexibility index (Phi) is 5.76. The van der Waals surface area contributed by atoms with E-state index in [-0.39, 0.29) is 18.4 Å². The van der Waals surface area contributed by atoms with Gasteiger partial charge in [-0.15, -0.1) is 11.3 Å². The molecular formula is C17H19NO4S. The van der Waals surface area contributed by atoms with Gasteiger partial charge >= 0.3 is 5.97 Å². The molecule has 5 nitrogen and oxygen atoms in total. The topological polar surface area (TPSA) is 75.6 Å². The van der Waals surface area contributed by atoms with Crippen molar-refractivity contribution in [3.63, 3.8) is 0 Å². The number of hydrogen-bond acceptors (Lipinski definition) is 4. The molecule has 1 atom stereocenters. The number of amides is 1. The molecule has 0 fully saturated rings. The lowest BCUT2D eigenvalue weighted by Gasteiger charge is -2.12. The van der Waals surface area contributed by atoms with Crippen molar-refractivity contribution in [2.75, 3.05) is 7.11 Å². The number of carbonyl (C=O) groups excluding carboxylic acids is 1. The highest BCUT2D eigenvalue weighted by Crippen LogP contribution is 2.36. The highest BCUT2D eigenvalue weighted by molar-refractivity contribution is 7.17. The molecule has 0 saturated heterocycles. The summed E-state index contributed by atoms with van der Waals surface area (Å²) in [6, 6.07) is 11.4. The van der Waals surface area contributed by atoms with Crippen molar-refractivity contribution in [1.82, 2.24) is 5.32 Å². The van der Waals surface area contributed by atoms with Crippen molar-refractivity contribution >= 4 is 23.2 Å². The molecule has 0 radical (unpaired) electrons. The molecule has 0 aliphatic heterocycles. The standard InChI is InChI=1S/C17H19NO4S/c1-11(8-9-15(19)20)18-17(21)16-13(22-2)10-14(23-16)12-6-4-3-5-7-12/h3-7,10-11H,8-9H2,1-2H3,(H,18,21)(H,19,20). The zero-order valence-electron chi connectivity index (χ0n) is 13.0. The second-order valence-electron chi connectivity index (χ2n) is 5.18. The lowest BCUT2D eigenvalue weighted by molar-refractivity contribution is -0.137. The second kappa shape index (κ2) is 7.78.